The molecule has 4 rings (SSSR count). The van der Waals surface area contributed by atoms with Crippen molar-refractivity contribution in [3.63, 3.8) is 0 Å². The monoisotopic (exact) mass is 377 g/mol. The molecule has 8 heteroatoms. The highest BCUT2D eigenvalue weighted by atomic mass is 35.5. The predicted molar refractivity (Wildman–Crippen MR) is 99.5 cm³/mol. The molecule has 2 aromatic heterocycles. The molecule has 2 unspecified atom stereocenters. The molecule has 2 aliphatic heterocycles. The Labute approximate surface area is 157 Å². The molecule has 4 heterocycles. The average molecular weight is 378 g/mol. The number of nitrogens with zero attached hydrogens (tertiary/aromatic N) is 4. The van der Waals surface area contributed by atoms with Gasteiger partial charge in [-0.3, -0.25) is 4.40 Å². The predicted octanol–water partition coefficient (Wildman–Crippen LogP) is 3.73. The van der Waals surface area contributed by atoms with Gasteiger partial charge in [0, 0.05) is 36.6 Å². The summed E-state index contributed by atoms with van der Waals surface area (Å²) in [6.45, 7) is 5.72. The smallest absolute Gasteiger partial charge is 0.410 e. The van der Waals surface area contributed by atoms with Gasteiger partial charge in [-0.1, -0.05) is 11.6 Å². The van der Waals surface area contributed by atoms with Crippen LogP contribution in [0.5, 0.6) is 0 Å². The average Bonchev–Trinajstić information content (AvgIpc) is 3.08. The van der Waals surface area contributed by atoms with Gasteiger partial charge in [-0.15, -0.1) is 0 Å². The summed E-state index contributed by atoms with van der Waals surface area (Å²) in [4.78, 5) is 23.2. The number of nitrogens with one attached hydrogen (secondary N) is 1. The molecule has 2 saturated heterocycles. The zero-order chi connectivity index (χ0) is 18.5. The molecule has 1 N–H and O–H groups in total. The Hall–Kier alpha value is -2.02. The molecule has 2 fully saturated rings. The molecule has 0 saturated carbocycles. The minimum atomic E-state index is -0.469. The summed E-state index contributed by atoms with van der Waals surface area (Å²) in [5.41, 5.74) is 0.297. The van der Waals surface area contributed by atoms with Crippen LogP contribution >= 0.6 is 11.6 Å². The second-order valence-electron chi connectivity index (χ2n) is 8.14. The summed E-state index contributed by atoms with van der Waals surface area (Å²) < 4.78 is 7.50. The van der Waals surface area contributed by atoms with Crippen LogP contribution in [0, 0.1) is 0 Å². The molecule has 26 heavy (non-hydrogen) atoms. The van der Waals surface area contributed by atoms with Crippen LogP contribution in [0.2, 0.25) is 5.15 Å². The standard InChI is InChI=1S/C18H24ClN5O2/c1-18(2,3)26-17(25)24-12-4-5-13(24)9-11(8-12)21-16-22-14(19)10-15-20-6-7-23(15)16/h6-7,10-13H,4-5,8-9H2,1-3H3,(H,21,22). The van der Waals surface area contributed by atoms with Gasteiger partial charge in [0.15, 0.2) is 0 Å². The first kappa shape index (κ1) is 17.4. The van der Waals surface area contributed by atoms with Crippen LogP contribution in [0.4, 0.5) is 10.7 Å². The van der Waals surface area contributed by atoms with Crippen LogP contribution < -0.4 is 5.32 Å². The van der Waals surface area contributed by atoms with E-state index in [0.29, 0.717) is 11.1 Å². The number of amides is 1. The lowest BCUT2D eigenvalue weighted by Gasteiger charge is -2.39. The van der Waals surface area contributed by atoms with Gasteiger partial charge in [0.05, 0.1) is 0 Å². The van der Waals surface area contributed by atoms with Crippen molar-refractivity contribution in [3.05, 3.63) is 23.6 Å². The van der Waals surface area contributed by atoms with Crippen molar-refractivity contribution in [1.29, 1.82) is 0 Å². The highest BCUT2D eigenvalue weighted by molar-refractivity contribution is 6.29. The van der Waals surface area contributed by atoms with E-state index in [4.69, 9.17) is 16.3 Å². The van der Waals surface area contributed by atoms with E-state index in [-0.39, 0.29) is 24.2 Å². The van der Waals surface area contributed by atoms with Crippen molar-refractivity contribution in [2.24, 2.45) is 0 Å². The number of ether oxygens (including phenoxy) is 1. The van der Waals surface area contributed by atoms with Gasteiger partial charge in [0.1, 0.15) is 16.4 Å². The number of aromatic nitrogens is 3. The SMILES string of the molecule is CC(C)(C)OC(=O)N1C2CCC1CC(Nc1nc(Cl)cc3nccn13)C2. The van der Waals surface area contributed by atoms with E-state index in [1.165, 1.54) is 0 Å². The molecule has 0 spiro atoms. The fraction of sp³-hybridized carbons (Fsp3) is 0.611. The van der Waals surface area contributed by atoms with Crippen molar-refractivity contribution in [3.8, 4) is 0 Å². The first-order chi connectivity index (χ1) is 12.3. The molecular weight excluding hydrogens is 354 g/mol. The fourth-order valence-corrected chi connectivity index (χ4v) is 4.26. The number of halogens is 1. The number of fused-ring (bicyclic) bond motifs is 3. The van der Waals surface area contributed by atoms with Crippen molar-refractivity contribution in [2.45, 2.75) is 70.2 Å². The summed E-state index contributed by atoms with van der Waals surface area (Å²) in [6.07, 6.45) is 7.19. The van der Waals surface area contributed by atoms with Crippen LogP contribution in [0.3, 0.4) is 0 Å². The van der Waals surface area contributed by atoms with Crippen LogP contribution in [-0.4, -0.2) is 49.1 Å². The Morgan fingerprint density at radius 2 is 2.00 bits per heavy atom. The highest BCUT2D eigenvalue weighted by Crippen LogP contribution is 2.37. The number of hydrogen-bond donors (Lipinski definition) is 1. The van der Waals surface area contributed by atoms with Crippen LogP contribution in [0.15, 0.2) is 18.5 Å². The fourth-order valence-electron chi connectivity index (χ4n) is 4.09. The van der Waals surface area contributed by atoms with E-state index in [0.717, 1.165) is 31.3 Å². The normalized spacial score (nSPS) is 25.5. The number of piperidine rings is 1. The van der Waals surface area contributed by atoms with Crippen LogP contribution in [-0.2, 0) is 4.74 Å². The van der Waals surface area contributed by atoms with E-state index in [2.05, 4.69) is 15.3 Å². The minimum Gasteiger partial charge on any atom is -0.444 e. The molecule has 2 aromatic rings. The van der Waals surface area contributed by atoms with Gasteiger partial charge in [0.25, 0.3) is 0 Å². The van der Waals surface area contributed by atoms with Gasteiger partial charge >= 0.3 is 6.09 Å². The first-order valence-electron chi connectivity index (χ1n) is 9.07. The Morgan fingerprint density at radius 1 is 1.31 bits per heavy atom. The largest absolute Gasteiger partial charge is 0.444 e. The zero-order valence-corrected chi connectivity index (χ0v) is 16.0. The van der Waals surface area contributed by atoms with Crippen molar-refractivity contribution in [1.82, 2.24) is 19.3 Å². The Balaban J connectivity index is 1.49. The van der Waals surface area contributed by atoms with E-state index >= 15 is 0 Å². The van der Waals surface area contributed by atoms with Gasteiger partial charge in [-0.25, -0.2) is 14.8 Å². The summed E-state index contributed by atoms with van der Waals surface area (Å²) in [7, 11) is 0. The number of hydrogen-bond acceptors (Lipinski definition) is 5. The van der Waals surface area contributed by atoms with E-state index in [9.17, 15) is 4.79 Å². The van der Waals surface area contributed by atoms with Crippen molar-refractivity contribution < 1.29 is 9.53 Å². The van der Waals surface area contributed by atoms with Gasteiger partial charge < -0.3 is 15.0 Å². The van der Waals surface area contributed by atoms with Crippen LogP contribution in [0.1, 0.15) is 46.5 Å². The van der Waals surface area contributed by atoms with E-state index in [1.807, 2.05) is 36.3 Å². The Morgan fingerprint density at radius 3 is 2.65 bits per heavy atom. The second-order valence-corrected chi connectivity index (χ2v) is 8.53. The van der Waals surface area contributed by atoms with Crippen LogP contribution in [0.25, 0.3) is 5.65 Å². The maximum absolute atomic E-state index is 12.6. The van der Waals surface area contributed by atoms with Gasteiger partial charge in [0.2, 0.25) is 5.95 Å². The number of carbonyl (C=O) groups is 1. The summed E-state index contributed by atoms with van der Waals surface area (Å²) in [5.74, 6) is 0.695. The zero-order valence-electron chi connectivity index (χ0n) is 15.3. The molecule has 2 bridgehead atoms. The first-order valence-corrected chi connectivity index (χ1v) is 9.45. The molecule has 0 radical (unpaired) electrons. The molecule has 2 atom stereocenters. The third kappa shape index (κ3) is 3.32. The topological polar surface area (TPSA) is 71.8 Å². The second kappa shape index (κ2) is 6.30. The van der Waals surface area contributed by atoms with Crippen molar-refractivity contribution in [2.75, 3.05) is 5.32 Å². The lowest BCUT2D eigenvalue weighted by Crippen LogP contribution is -2.51. The third-order valence-corrected chi connectivity index (χ3v) is 5.22. The molecule has 2 aliphatic rings. The number of anilines is 1. The molecular formula is C18H24ClN5O2. The van der Waals surface area contributed by atoms with Gasteiger partial charge in [-0.05, 0) is 46.5 Å². The molecule has 0 aliphatic carbocycles. The Kier molecular flexibility index (Phi) is 4.22. The summed E-state index contributed by atoms with van der Waals surface area (Å²) in [6, 6.07) is 2.39. The number of imidazole rings is 1. The van der Waals surface area contributed by atoms with Gasteiger partial charge in [-0.2, -0.15) is 0 Å². The molecule has 0 aromatic carbocycles. The lowest BCUT2D eigenvalue weighted by molar-refractivity contribution is 0.00681. The maximum atomic E-state index is 12.6. The third-order valence-electron chi connectivity index (χ3n) is 5.03. The quantitative estimate of drug-likeness (QED) is 0.807. The number of rotatable bonds is 2. The van der Waals surface area contributed by atoms with E-state index in [1.54, 1.807) is 12.3 Å². The van der Waals surface area contributed by atoms with Crippen molar-refractivity contribution >= 4 is 29.3 Å². The highest BCUT2D eigenvalue weighted by Gasteiger charge is 2.45. The Bertz CT molecular complexity index is 817. The maximum Gasteiger partial charge on any atom is 0.410 e. The summed E-state index contributed by atoms with van der Waals surface area (Å²) >= 11 is 6.12. The molecule has 140 valence electrons. The molecule has 1 amide bonds. The number of carbonyl (C=O) groups excluding carboxylic acids is 1. The molecule has 7 nitrogen and oxygen atoms in total. The minimum absolute atomic E-state index is 0.193. The summed E-state index contributed by atoms with van der Waals surface area (Å²) in [5, 5.41) is 3.92. The van der Waals surface area contributed by atoms with E-state index < -0.39 is 5.60 Å². The lowest BCUT2D eigenvalue weighted by atomic mass is 9.98.